The van der Waals surface area contributed by atoms with Crippen LogP contribution in [0.25, 0.3) is 10.7 Å². The topological polar surface area (TPSA) is 83.4 Å². The normalized spacial score (nSPS) is 16.8. The van der Waals surface area contributed by atoms with Gasteiger partial charge >= 0.3 is 0 Å². The van der Waals surface area contributed by atoms with Crippen LogP contribution >= 0.6 is 11.3 Å². The van der Waals surface area contributed by atoms with Crippen molar-refractivity contribution in [2.75, 3.05) is 31.6 Å². The molecule has 0 amide bonds. The molecule has 1 atom stereocenters. The van der Waals surface area contributed by atoms with Gasteiger partial charge in [0.1, 0.15) is 16.5 Å². The second-order valence-corrected chi connectivity index (χ2v) is 7.87. The summed E-state index contributed by atoms with van der Waals surface area (Å²) in [6.45, 7) is 2.93. The Labute approximate surface area is 174 Å². The summed E-state index contributed by atoms with van der Waals surface area (Å²) in [5.41, 5.74) is 1.67. The van der Waals surface area contributed by atoms with Crippen LogP contribution in [-0.4, -0.2) is 57.3 Å². The quantitative estimate of drug-likeness (QED) is 0.521. The molecule has 2 N–H and O–H groups in total. The number of hydrogen-bond acceptors (Lipinski definition) is 8. The molecule has 1 aliphatic heterocycles. The molecule has 0 unspecified atom stereocenters. The predicted octanol–water partition coefficient (Wildman–Crippen LogP) is 3.57. The molecule has 3 heterocycles. The van der Waals surface area contributed by atoms with Crippen molar-refractivity contribution in [3.63, 3.8) is 0 Å². The smallest absolute Gasteiger partial charge is 0.227 e. The Balaban J connectivity index is 1.30. The fraction of sp³-hybridized carbons (Fsp3) is 0.381. The molecule has 8 heteroatoms. The zero-order chi connectivity index (χ0) is 19.9. The number of rotatable bonds is 9. The van der Waals surface area contributed by atoms with Crippen LogP contribution in [0.4, 0.5) is 11.6 Å². The van der Waals surface area contributed by atoms with Crippen LogP contribution in [0.1, 0.15) is 19.3 Å². The number of benzene rings is 1. The first-order valence-corrected chi connectivity index (χ1v) is 10.8. The molecule has 0 spiro atoms. The van der Waals surface area contributed by atoms with Gasteiger partial charge in [0.2, 0.25) is 5.95 Å². The summed E-state index contributed by atoms with van der Waals surface area (Å²) in [6.07, 6.45) is 6.70. The molecule has 29 heavy (non-hydrogen) atoms. The van der Waals surface area contributed by atoms with Gasteiger partial charge in [0.15, 0.2) is 0 Å². The molecule has 3 aromatic rings. The molecule has 1 aliphatic rings. The van der Waals surface area contributed by atoms with Crippen molar-refractivity contribution in [1.29, 1.82) is 0 Å². The highest BCUT2D eigenvalue weighted by Gasteiger charge is 2.22. The van der Waals surface area contributed by atoms with Gasteiger partial charge in [0.05, 0.1) is 13.2 Å². The third kappa shape index (κ3) is 5.29. The van der Waals surface area contributed by atoms with E-state index in [9.17, 15) is 5.11 Å². The van der Waals surface area contributed by atoms with E-state index in [1.54, 1.807) is 23.7 Å². The fourth-order valence-corrected chi connectivity index (χ4v) is 4.14. The minimum Gasteiger partial charge on any atom is -0.493 e. The second kappa shape index (κ2) is 9.78. The number of ether oxygens (including phenoxy) is 1. The van der Waals surface area contributed by atoms with E-state index < -0.39 is 0 Å². The molecule has 0 bridgehead atoms. The van der Waals surface area contributed by atoms with E-state index in [-0.39, 0.29) is 6.61 Å². The Morgan fingerprint density at radius 2 is 2.21 bits per heavy atom. The zero-order valence-electron chi connectivity index (χ0n) is 16.2. The lowest BCUT2D eigenvalue weighted by Gasteiger charge is -2.22. The van der Waals surface area contributed by atoms with Gasteiger partial charge in [-0.2, -0.15) is 0 Å². The van der Waals surface area contributed by atoms with Crippen LogP contribution in [0.2, 0.25) is 0 Å². The zero-order valence-corrected chi connectivity index (χ0v) is 17.0. The summed E-state index contributed by atoms with van der Waals surface area (Å²) in [5.74, 6) is 1.34. The van der Waals surface area contributed by atoms with Crippen LogP contribution in [0, 0.1) is 0 Å². The van der Waals surface area contributed by atoms with Gasteiger partial charge in [-0.3, -0.25) is 4.90 Å². The van der Waals surface area contributed by atoms with Gasteiger partial charge in [-0.05, 0) is 44.0 Å². The van der Waals surface area contributed by atoms with Crippen molar-refractivity contribution < 1.29 is 9.84 Å². The first kappa shape index (κ1) is 19.8. The van der Waals surface area contributed by atoms with E-state index in [0.717, 1.165) is 48.1 Å². The average molecular weight is 412 g/mol. The van der Waals surface area contributed by atoms with E-state index in [4.69, 9.17) is 4.74 Å². The van der Waals surface area contributed by atoms with E-state index in [1.165, 1.54) is 6.42 Å². The van der Waals surface area contributed by atoms with Crippen molar-refractivity contribution in [3.05, 3.63) is 48.1 Å². The van der Waals surface area contributed by atoms with Crippen molar-refractivity contribution in [1.82, 2.24) is 19.9 Å². The molecule has 0 radical (unpaired) electrons. The average Bonchev–Trinajstić information content (AvgIpc) is 3.44. The molecular formula is C21H25N5O2S. The lowest BCUT2D eigenvalue weighted by Crippen LogP contribution is -2.33. The molecule has 1 aromatic carbocycles. The van der Waals surface area contributed by atoms with Crippen LogP contribution in [0.15, 0.2) is 48.1 Å². The first-order valence-electron chi connectivity index (χ1n) is 9.89. The summed E-state index contributed by atoms with van der Waals surface area (Å²) >= 11 is 1.55. The highest BCUT2D eigenvalue weighted by atomic mass is 32.1. The largest absolute Gasteiger partial charge is 0.493 e. The number of aliphatic hydroxyl groups excluding tert-OH is 1. The third-order valence-corrected chi connectivity index (χ3v) is 5.76. The minimum absolute atomic E-state index is 0.250. The van der Waals surface area contributed by atoms with Crippen LogP contribution < -0.4 is 10.1 Å². The fourth-order valence-electron chi connectivity index (χ4n) is 3.53. The third-order valence-electron chi connectivity index (χ3n) is 4.97. The maximum atomic E-state index is 9.40. The number of aliphatic hydroxyl groups is 1. The summed E-state index contributed by atoms with van der Waals surface area (Å²) < 4.78 is 5.92. The molecule has 152 valence electrons. The van der Waals surface area contributed by atoms with Gasteiger partial charge < -0.3 is 15.2 Å². The van der Waals surface area contributed by atoms with Crippen molar-refractivity contribution in [2.45, 2.75) is 25.3 Å². The summed E-state index contributed by atoms with van der Waals surface area (Å²) in [6, 6.07) is 9.98. The summed E-state index contributed by atoms with van der Waals surface area (Å²) in [5, 5.41) is 15.4. The number of thiazole rings is 1. The van der Waals surface area contributed by atoms with Crippen LogP contribution in [0.3, 0.4) is 0 Å². The minimum atomic E-state index is 0.250. The number of anilines is 2. The molecule has 2 aromatic heterocycles. The number of nitrogens with zero attached hydrogens (tertiary/aromatic N) is 4. The lowest BCUT2D eigenvalue weighted by molar-refractivity contribution is 0.150. The summed E-state index contributed by atoms with van der Waals surface area (Å²) in [7, 11) is 0. The second-order valence-electron chi connectivity index (χ2n) is 6.97. The van der Waals surface area contributed by atoms with E-state index in [0.29, 0.717) is 18.6 Å². The van der Waals surface area contributed by atoms with Gasteiger partial charge in [-0.15, -0.1) is 11.3 Å². The molecule has 0 saturated carbocycles. The first-order chi connectivity index (χ1) is 14.3. The predicted molar refractivity (Wildman–Crippen MR) is 115 cm³/mol. The molecule has 0 aliphatic carbocycles. The monoisotopic (exact) mass is 411 g/mol. The SMILES string of the molecule is OC[C@@H]1CCCN1CCCOc1cccc(Nc2nccc(-c3nccs3)n2)c1. The molecule has 1 fully saturated rings. The molecule has 7 nitrogen and oxygen atoms in total. The maximum absolute atomic E-state index is 9.40. The standard InChI is InChI=1S/C21H25N5O2S/c27-15-17-5-2-10-26(17)11-3-12-28-18-6-1-4-16(14-18)24-21-23-8-7-19(25-21)20-22-9-13-29-20/h1,4,6-9,13-14,17,27H,2-3,5,10-12,15H2,(H,23,24,25)/t17-/m0/s1. The maximum Gasteiger partial charge on any atom is 0.227 e. The van der Waals surface area contributed by atoms with Crippen LogP contribution in [0.5, 0.6) is 5.75 Å². The lowest BCUT2D eigenvalue weighted by atomic mass is 10.2. The van der Waals surface area contributed by atoms with Gasteiger partial charge in [-0.25, -0.2) is 15.0 Å². The number of nitrogens with one attached hydrogen (secondary N) is 1. The Morgan fingerprint density at radius 1 is 1.24 bits per heavy atom. The Hall–Kier alpha value is -2.55. The van der Waals surface area contributed by atoms with Crippen LogP contribution in [-0.2, 0) is 0 Å². The number of likely N-dealkylation sites (tertiary alicyclic amines) is 1. The van der Waals surface area contributed by atoms with E-state index >= 15 is 0 Å². The van der Waals surface area contributed by atoms with E-state index in [2.05, 4.69) is 25.2 Å². The molecular weight excluding hydrogens is 386 g/mol. The van der Waals surface area contributed by atoms with E-state index in [1.807, 2.05) is 35.7 Å². The molecule has 4 rings (SSSR count). The summed E-state index contributed by atoms with van der Waals surface area (Å²) in [4.78, 5) is 15.5. The van der Waals surface area contributed by atoms with Crippen molar-refractivity contribution in [2.24, 2.45) is 0 Å². The van der Waals surface area contributed by atoms with Gasteiger partial charge in [0.25, 0.3) is 0 Å². The van der Waals surface area contributed by atoms with Crippen molar-refractivity contribution >= 4 is 23.0 Å². The van der Waals surface area contributed by atoms with Gasteiger partial charge in [0, 0.05) is 42.1 Å². The highest BCUT2D eigenvalue weighted by molar-refractivity contribution is 7.13. The Kier molecular flexibility index (Phi) is 6.66. The number of hydrogen-bond donors (Lipinski definition) is 2. The number of aromatic nitrogens is 3. The Morgan fingerprint density at radius 3 is 3.07 bits per heavy atom. The Bertz CT molecular complexity index is 906. The highest BCUT2D eigenvalue weighted by Crippen LogP contribution is 2.23. The van der Waals surface area contributed by atoms with Gasteiger partial charge in [-0.1, -0.05) is 6.07 Å². The van der Waals surface area contributed by atoms with Crippen molar-refractivity contribution in [3.8, 4) is 16.5 Å². The molecule has 1 saturated heterocycles.